The molecule has 0 bridgehead atoms. The van der Waals surface area contributed by atoms with Crippen molar-refractivity contribution in [3.8, 4) is 0 Å². The van der Waals surface area contributed by atoms with E-state index in [-0.39, 0.29) is 5.97 Å². The molecule has 1 fully saturated rings. The number of benzene rings is 1. The number of methoxy groups -OCH3 is 1. The number of rotatable bonds is 4. The van der Waals surface area contributed by atoms with Gasteiger partial charge in [0.25, 0.3) is 0 Å². The van der Waals surface area contributed by atoms with Gasteiger partial charge in [0.15, 0.2) is 0 Å². The molecule has 0 aliphatic heterocycles. The number of esters is 1. The average molecular weight is 218 g/mol. The molecule has 0 heterocycles. The maximum Gasteiger partial charge on any atom is 0.337 e. The van der Waals surface area contributed by atoms with Crippen LogP contribution in [0.2, 0.25) is 0 Å². The Bertz CT molecular complexity index is 363. The van der Waals surface area contributed by atoms with E-state index in [0.717, 1.165) is 5.92 Å². The molecule has 0 saturated heterocycles. The van der Waals surface area contributed by atoms with Crippen molar-refractivity contribution in [3.05, 3.63) is 35.4 Å². The molecule has 1 atom stereocenters. The molecule has 1 unspecified atom stereocenters. The average Bonchev–Trinajstić information content (AvgIpc) is 3.14. The van der Waals surface area contributed by atoms with Gasteiger partial charge in [-0.25, -0.2) is 4.79 Å². The minimum Gasteiger partial charge on any atom is -0.465 e. The highest BCUT2D eigenvalue weighted by atomic mass is 16.5. The number of carbonyl (C=O) groups excluding carboxylic acids is 1. The number of carbonyl (C=O) groups is 1. The summed E-state index contributed by atoms with van der Waals surface area (Å²) in [5.41, 5.74) is 1.99. The molecule has 2 rings (SSSR count). The van der Waals surface area contributed by atoms with Crippen LogP contribution in [0.15, 0.2) is 24.3 Å². The Morgan fingerprint density at radius 1 is 1.38 bits per heavy atom. The highest BCUT2D eigenvalue weighted by molar-refractivity contribution is 5.89. The molecule has 1 saturated carbocycles. The smallest absolute Gasteiger partial charge is 0.337 e. The Balaban J connectivity index is 2.14. The van der Waals surface area contributed by atoms with Gasteiger partial charge in [-0.15, -0.1) is 0 Å². The molecule has 86 valence electrons. The van der Waals surface area contributed by atoms with Crippen LogP contribution in [-0.2, 0) is 4.74 Å². The highest BCUT2D eigenvalue weighted by Gasteiger charge is 2.30. The molecule has 2 heteroatoms. The van der Waals surface area contributed by atoms with E-state index >= 15 is 0 Å². The molecular weight excluding hydrogens is 200 g/mol. The van der Waals surface area contributed by atoms with E-state index in [2.05, 4.69) is 23.8 Å². The van der Waals surface area contributed by atoms with Gasteiger partial charge < -0.3 is 4.74 Å². The molecule has 0 N–H and O–H groups in total. The first-order valence-corrected chi connectivity index (χ1v) is 5.94. The third-order valence-electron chi connectivity index (χ3n) is 3.39. The molecule has 0 aromatic heterocycles. The molecule has 0 spiro atoms. The van der Waals surface area contributed by atoms with Gasteiger partial charge in [-0.2, -0.15) is 0 Å². The third-order valence-corrected chi connectivity index (χ3v) is 3.39. The standard InChI is InChI=1S/C14H18O2/c1-3-13(10-4-5-10)11-6-8-12(9-7-11)14(15)16-2/h6-10,13H,3-5H2,1-2H3. The van der Waals surface area contributed by atoms with E-state index in [1.165, 1.54) is 31.9 Å². The van der Waals surface area contributed by atoms with Crippen LogP contribution >= 0.6 is 0 Å². The zero-order chi connectivity index (χ0) is 11.5. The fraction of sp³-hybridized carbons (Fsp3) is 0.500. The van der Waals surface area contributed by atoms with E-state index in [0.29, 0.717) is 11.5 Å². The van der Waals surface area contributed by atoms with Crippen LogP contribution in [0.3, 0.4) is 0 Å². The van der Waals surface area contributed by atoms with Crippen LogP contribution in [0.1, 0.15) is 48.0 Å². The first-order valence-electron chi connectivity index (χ1n) is 5.94. The minimum atomic E-state index is -0.258. The summed E-state index contributed by atoms with van der Waals surface area (Å²) in [5.74, 6) is 1.28. The first-order chi connectivity index (χ1) is 7.76. The summed E-state index contributed by atoms with van der Waals surface area (Å²) in [5, 5.41) is 0. The fourth-order valence-electron chi connectivity index (χ4n) is 2.32. The van der Waals surface area contributed by atoms with Gasteiger partial charge in [0.05, 0.1) is 12.7 Å². The summed E-state index contributed by atoms with van der Waals surface area (Å²) < 4.78 is 4.68. The zero-order valence-electron chi connectivity index (χ0n) is 9.90. The molecular formula is C14H18O2. The quantitative estimate of drug-likeness (QED) is 0.724. The molecule has 1 aliphatic carbocycles. The lowest BCUT2D eigenvalue weighted by atomic mass is 9.91. The molecule has 1 aromatic carbocycles. The first kappa shape index (κ1) is 11.2. The highest BCUT2D eigenvalue weighted by Crippen LogP contribution is 2.44. The Morgan fingerprint density at radius 3 is 2.44 bits per heavy atom. The zero-order valence-corrected chi connectivity index (χ0v) is 9.90. The Kier molecular flexibility index (Phi) is 3.28. The maximum absolute atomic E-state index is 11.3. The van der Waals surface area contributed by atoms with Gasteiger partial charge >= 0.3 is 5.97 Å². The second kappa shape index (κ2) is 4.69. The third kappa shape index (κ3) is 2.26. The van der Waals surface area contributed by atoms with E-state index in [1.54, 1.807) is 0 Å². The van der Waals surface area contributed by atoms with E-state index in [4.69, 9.17) is 0 Å². The van der Waals surface area contributed by atoms with Crippen LogP contribution in [0.4, 0.5) is 0 Å². The second-order valence-electron chi connectivity index (χ2n) is 4.47. The van der Waals surface area contributed by atoms with Crippen LogP contribution in [0.5, 0.6) is 0 Å². The maximum atomic E-state index is 11.3. The van der Waals surface area contributed by atoms with Crippen molar-refractivity contribution in [3.63, 3.8) is 0 Å². The normalized spacial score (nSPS) is 16.9. The van der Waals surface area contributed by atoms with Crippen LogP contribution in [0, 0.1) is 5.92 Å². The molecule has 2 nitrogen and oxygen atoms in total. The van der Waals surface area contributed by atoms with Crippen molar-refractivity contribution < 1.29 is 9.53 Å². The summed E-state index contributed by atoms with van der Waals surface area (Å²) in [6.45, 7) is 2.23. The predicted molar refractivity (Wildman–Crippen MR) is 63.5 cm³/mol. The number of hydrogen-bond donors (Lipinski definition) is 0. The van der Waals surface area contributed by atoms with Gasteiger partial charge in [-0.1, -0.05) is 19.1 Å². The van der Waals surface area contributed by atoms with Crippen molar-refractivity contribution in [2.45, 2.75) is 32.1 Å². The van der Waals surface area contributed by atoms with Crippen LogP contribution in [-0.4, -0.2) is 13.1 Å². The molecule has 16 heavy (non-hydrogen) atoms. The van der Waals surface area contributed by atoms with Crippen LogP contribution < -0.4 is 0 Å². The second-order valence-corrected chi connectivity index (χ2v) is 4.47. The van der Waals surface area contributed by atoms with Gasteiger partial charge in [0, 0.05) is 0 Å². The summed E-state index contributed by atoms with van der Waals surface area (Å²) in [6.07, 6.45) is 3.90. The largest absolute Gasteiger partial charge is 0.465 e. The van der Waals surface area contributed by atoms with Gasteiger partial charge in [-0.3, -0.25) is 0 Å². The SMILES string of the molecule is CCC(c1ccc(C(=O)OC)cc1)C1CC1. The number of ether oxygens (including phenoxy) is 1. The number of hydrogen-bond acceptors (Lipinski definition) is 2. The summed E-state index contributed by atoms with van der Waals surface area (Å²) in [7, 11) is 1.41. The Labute approximate surface area is 96.6 Å². The lowest BCUT2D eigenvalue weighted by molar-refractivity contribution is 0.0600. The Morgan fingerprint density at radius 2 is 2.00 bits per heavy atom. The van der Waals surface area contributed by atoms with E-state index in [9.17, 15) is 4.79 Å². The summed E-state index contributed by atoms with van der Waals surface area (Å²) >= 11 is 0. The lowest BCUT2D eigenvalue weighted by Gasteiger charge is -2.14. The molecule has 0 amide bonds. The topological polar surface area (TPSA) is 26.3 Å². The fourth-order valence-corrected chi connectivity index (χ4v) is 2.32. The van der Waals surface area contributed by atoms with Crippen molar-refractivity contribution >= 4 is 5.97 Å². The molecule has 1 aromatic rings. The summed E-state index contributed by atoms with van der Waals surface area (Å²) in [6, 6.07) is 7.87. The van der Waals surface area contributed by atoms with Gasteiger partial charge in [0.2, 0.25) is 0 Å². The van der Waals surface area contributed by atoms with Gasteiger partial charge in [0.1, 0.15) is 0 Å². The monoisotopic (exact) mass is 218 g/mol. The van der Waals surface area contributed by atoms with Gasteiger partial charge in [-0.05, 0) is 48.8 Å². The Hall–Kier alpha value is -1.31. The van der Waals surface area contributed by atoms with E-state index < -0.39 is 0 Å². The van der Waals surface area contributed by atoms with Crippen molar-refractivity contribution in [2.24, 2.45) is 5.92 Å². The van der Waals surface area contributed by atoms with E-state index in [1.807, 2.05) is 12.1 Å². The predicted octanol–water partition coefficient (Wildman–Crippen LogP) is 3.38. The lowest BCUT2D eigenvalue weighted by Crippen LogP contribution is -2.03. The molecule has 0 radical (unpaired) electrons. The van der Waals surface area contributed by atoms with Crippen LogP contribution in [0.25, 0.3) is 0 Å². The minimum absolute atomic E-state index is 0.258. The molecule has 1 aliphatic rings. The van der Waals surface area contributed by atoms with Crippen molar-refractivity contribution in [1.82, 2.24) is 0 Å². The van der Waals surface area contributed by atoms with Crippen molar-refractivity contribution in [1.29, 1.82) is 0 Å². The van der Waals surface area contributed by atoms with Crippen molar-refractivity contribution in [2.75, 3.05) is 7.11 Å². The summed E-state index contributed by atoms with van der Waals surface area (Å²) in [4.78, 5) is 11.3.